The van der Waals surface area contributed by atoms with Gasteiger partial charge in [0.2, 0.25) is 6.41 Å². The molecule has 3 aliphatic rings. The van der Waals surface area contributed by atoms with Crippen LogP contribution in [0.5, 0.6) is 0 Å². The maximum atomic E-state index is 12.0. The maximum Gasteiger partial charge on any atom is 0.330 e. The normalized spacial score (nSPS) is 28.0. The summed E-state index contributed by atoms with van der Waals surface area (Å²) in [4.78, 5) is 68.4. The number of methoxy groups -OCH3 is 2. The van der Waals surface area contributed by atoms with Gasteiger partial charge >= 0.3 is 11.4 Å². The van der Waals surface area contributed by atoms with Gasteiger partial charge in [-0.15, -0.1) is 0 Å². The van der Waals surface area contributed by atoms with Crippen molar-refractivity contribution in [2.75, 3.05) is 48.1 Å². The van der Waals surface area contributed by atoms with Crippen LogP contribution in [0, 0.1) is 4.77 Å². The average Bonchev–Trinajstić information content (AvgIpc) is 3.82. The summed E-state index contributed by atoms with van der Waals surface area (Å²) >= 11 is 8.82. The van der Waals surface area contributed by atoms with Gasteiger partial charge in [0.05, 0.1) is 36.5 Å². The summed E-state index contributed by atoms with van der Waals surface area (Å²) in [6.07, 6.45) is -10.2. The molecule has 0 radical (unpaired) electrons. The van der Waals surface area contributed by atoms with Gasteiger partial charge in [-0.25, -0.2) is 9.59 Å². The van der Waals surface area contributed by atoms with E-state index in [2.05, 4.69) is 38.6 Å². The molecule has 6 rings (SSSR count). The summed E-state index contributed by atoms with van der Waals surface area (Å²) in [6.45, 7) is -1.38. The van der Waals surface area contributed by atoms with Crippen molar-refractivity contribution >= 4 is 29.5 Å². The summed E-state index contributed by atoms with van der Waals surface area (Å²) in [7, 11) is 9.76. The van der Waals surface area contributed by atoms with Gasteiger partial charge in [0.1, 0.15) is 73.2 Å². The number of nitrogens with zero attached hydrogens (tertiary/aromatic N) is 3. The number of nitrogens with two attached hydrogens (primary N) is 2. The molecule has 0 aromatic carbocycles. The first-order chi connectivity index (χ1) is 30.4. The van der Waals surface area contributed by atoms with Crippen LogP contribution >= 0.6 is 24.4 Å². The molecule has 0 spiro atoms. The van der Waals surface area contributed by atoms with E-state index in [1.165, 1.54) is 31.1 Å². The first kappa shape index (κ1) is 56.7. The van der Waals surface area contributed by atoms with Crippen molar-refractivity contribution in [3.63, 3.8) is 0 Å². The molecule has 3 unspecified atom stereocenters. The molecule has 65 heavy (non-hydrogen) atoms. The Labute approximate surface area is 377 Å². The lowest BCUT2D eigenvalue weighted by molar-refractivity contribution is -0.179. The van der Waals surface area contributed by atoms with Gasteiger partial charge in [-0.3, -0.25) is 33.8 Å². The summed E-state index contributed by atoms with van der Waals surface area (Å²) < 4.78 is 27.6. The number of aliphatic hydroxyl groups is 9. The van der Waals surface area contributed by atoms with Crippen LogP contribution in [0.3, 0.4) is 0 Å². The van der Waals surface area contributed by atoms with Gasteiger partial charge in [-0.2, -0.15) is 0 Å². The molecule has 0 bridgehead atoms. The number of hydrogen-bond donors (Lipinski definition) is 15. The molecule has 3 aliphatic heterocycles. The number of ether oxygens (including phenoxy) is 5. The van der Waals surface area contributed by atoms with Crippen molar-refractivity contribution in [2.45, 2.75) is 79.7 Å². The number of nitrogens with one attached hydrogen (secondary N) is 4. The Bertz CT molecular complexity index is 2240. The zero-order chi connectivity index (χ0) is 49.6. The standard InChI is InChI=1S/C11H16N2O6.C9H12N2O6.C9H12N2O5S.C5H13NO2.CH4N2S/c1-12-3-5(10(17)13(2)11(12)18)9-8(16)7(15)6(4-14)19-9;12-2-4-5(13)6(14)7(17-4)3-1-10-9(16)11-8(3)15;12-2-4-5(13)6(14)7(16-4)3-1-10-9(17)11-8(3)15;1-6(2)5(7-3)8-4;2-1(3)4/h3,6-9,14-16H,4H2,1-2H3;1,4-7,12-14H,2H2,(H2,10,11,15,16);1,4-7,12-14H,2H2,(H2,10,11,15,17);5H,1-4H3;(H4,2,3,4)/t6-,7?,8+,9+;2*4-,5?,6+,7+;;/m111../s1. The van der Waals surface area contributed by atoms with Gasteiger partial charge in [0.15, 0.2) is 9.88 Å². The maximum absolute atomic E-state index is 12.0. The lowest BCUT2D eigenvalue weighted by Gasteiger charge is -2.19. The molecule has 3 aromatic rings. The Hall–Kier alpha value is -4.45. The van der Waals surface area contributed by atoms with Crippen LogP contribution in [-0.4, -0.2) is 195 Å². The van der Waals surface area contributed by atoms with E-state index in [0.717, 1.165) is 10.8 Å². The highest BCUT2D eigenvalue weighted by atomic mass is 32.1. The lowest BCUT2D eigenvalue weighted by Crippen LogP contribution is -2.40. The average molecular weight is 972 g/mol. The number of aliphatic hydroxyl groups excluding tert-OH is 9. The minimum Gasteiger partial charge on any atom is -0.394 e. The van der Waals surface area contributed by atoms with E-state index in [-0.39, 0.29) is 33.0 Å². The summed E-state index contributed by atoms with van der Waals surface area (Å²) in [6, 6.07) is 0. The molecule has 28 nitrogen and oxygen atoms in total. The second-order valence-corrected chi connectivity index (χ2v) is 15.2. The third-order valence-corrected chi connectivity index (χ3v) is 9.76. The lowest BCUT2D eigenvalue weighted by atomic mass is 10.0. The summed E-state index contributed by atoms with van der Waals surface area (Å²) in [5.74, 6) is 0. The molecule has 3 fully saturated rings. The zero-order valence-electron chi connectivity index (χ0n) is 35.8. The van der Waals surface area contributed by atoms with E-state index >= 15 is 0 Å². The van der Waals surface area contributed by atoms with E-state index in [0.29, 0.717) is 0 Å². The molecule has 3 saturated heterocycles. The highest BCUT2D eigenvalue weighted by molar-refractivity contribution is 7.80. The van der Waals surface area contributed by atoms with Crippen molar-refractivity contribution in [1.82, 2.24) is 34.0 Å². The number of rotatable bonds is 9. The molecular weight excluding hydrogens is 915 g/mol. The molecule has 12 atom stereocenters. The Morgan fingerprint density at radius 1 is 0.708 bits per heavy atom. The van der Waals surface area contributed by atoms with Crippen molar-refractivity contribution in [2.24, 2.45) is 25.6 Å². The minimum absolute atomic E-state index is 0.000000000000000222. The van der Waals surface area contributed by atoms with Crippen LogP contribution in [0.4, 0.5) is 0 Å². The first-order valence-corrected chi connectivity index (χ1v) is 19.8. The minimum atomic E-state index is -1.33. The molecule has 30 heteroatoms. The van der Waals surface area contributed by atoms with E-state index in [9.17, 15) is 54.6 Å². The third-order valence-electron chi connectivity index (χ3n) is 9.54. The molecule has 0 saturated carbocycles. The van der Waals surface area contributed by atoms with E-state index in [1.54, 1.807) is 14.2 Å². The van der Waals surface area contributed by atoms with Crippen LogP contribution in [0.1, 0.15) is 35.0 Å². The SMILES string of the molecule is COC(OC)N(C)C.Cn1cc([C@@H]2O[C@H](CO)C(O)[C@@H]2O)c(=O)n(C)c1=O.NC(N)=S.O=c1[nH]c(=S)[nH]cc1[C@@H]1O[C@H](CO)C(O)[C@@H]1O.O=c1[nH]cc([C@@H]2O[C@H](CO)C(O)[C@@H]2O)c(=O)[nH]1. The van der Waals surface area contributed by atoms with Crippen LogP contribution in [0.15, 0.2) is 42.6 Å². The Kier molecular flexibility index (Phi) is 22.7. The monoisotopic (exact) mass is 971 g/mol. The second kappa shape index (κ2) is 26.0. The first-order valence-electron chi connectivity index (χ1n) is 19.0. The fourth-order valence-corrected chi connectivity index (χ4v) is 6.43. The molecule has 0 aliphatic carbocycles. The van der Waals surface area contributed by atoms with Crippen LogP contribution < -0.4 is 39.5 Å². The number of H-pyrrole nitrogens is 4. The summed E-state index contributed by atoms with van der Waals surface area (Å²) in [5.41, 5.74) is 6.45. The fraction of sp³-hybridized carbons (Fsp3) is 0.629. The highest BCUT2D eigenvalue weighted by Gasteiger charge is 2.46. The zero-order valence-corrected chi connectivity index (χ0v) is 37.4. The van der Waals surface area contributed by atoms with Crippen LogP contribution in [-0.2, 0) is 37.8 Å². The van der Waals surface area contributed by atoms with E-state index < -0.39 is 121 Å². The predicted octanol–water partition coefficient (Wildman–Crippen LogP) is -7.65. The van der Waals surface area contributed by atoms with Gasteiger partial charge in [0.25, 0.3) is 16.7 Å². The van der Waals surface area contributed by atoms with Crippen molar-refractivity contribution in [3.05, 3.63) is 92.1 Å². The van der Waals surface area contributed by atoms with Crippen molar-refractivity contribution in [1.29, 1.82) is 0 Å². The van der Waals surface area contributed by atoms with Crippen molar-refractivity contribution in [3.8, 4) is 0 Å². The molecular formula is C35H57N9O19S2. The van der Waals surface area contributed by atoms with E-state index in [1.807, 2.05) is 24.0 Å². The number of aryl methyl sites for hydroxylation is 1. The number of thiocarbonyl (C=S) groups is 1. The Morgan fingerprint density at radius 2 is 1.08 bits per heavy atom. The number of aromatic amines is 4. The van der Waals surface area contributed by atoms with Crippen molar-refractivity contribution < 1.29 is 69.6 Å². The fourth-order valence-electron chi connectivity index (χ4n) is 6.28. The predicted molar refractivity (Wildman–Crippen MR) is 229 cm³/mol. The van der Waals surface area contributed by atoms with Crippen LogP contribution in [0.2, 0.25) is 0 Å². The molecule has 17 N–H and O–H groups in total. The molecule has 3 aromatic heterocycles. The van der Waals surface area contributed by atoms with Gasteiger partial charge in [0, 0.05) is 46.9 Å². The summed E-state index contributed by atoms with van der Waals surface area (Å²) in [5, 5.41) is 84.8. The van der Waals surface area contributed by atoms with Crippen LogP contribution in [0.25, 0.3) is 0 Å². The quantitative estimate of drug-likeness (QED) is 0.0699. The Balaban J connectivity index is 0.000000298. The number of aromatic nitrogens is 6. The van der Waals surface area contributed by atoms with Gasteiger partial charge < -0.3 is 95.6 Å². The Morgan fingerprint density at radius 3 is 1.38 bits per heavy atom. The highest BCUT2D eigenvalue weighted by Crippen LogP contribution is 2.33. The smallest absolute Gasteiger partial charge is 0.330 e. The molecule has 0 amide bonds. The molecule has 368 valence electrons. The second-order valence-electron chi connectivity index (χ2n) is 14.3. The molecule has 6 heterocycles. The third kappa shape index (κ3) is 14.8. The topological polar surface area (TPSA) is 442 Å². The van der Waals surface area contributed by atoms with E-state index in [4.69, 9.17) is 51.2 Å². The van der Waals surface area contributed by atoms with Gasteiger partial charge in [-0.05, 0) is 38.5 Å². The number of hydrogen-bond acceptors (Lipinski definition) is 22. The van der Waals surface area contributed by atoms with Gasteiger partial charge in [-0.1, -0.05) is 0 Å². The largest absolute Gasteiger partial charge is 0.394 e.